The van der Waals surface area contributed by atoms with Crippen molar-refractivity contribution in [3.63, 3.8) is 0 Å². The molecule has 0 atom stereocenters. The van der Waals surface area contributed by atoms with E-state index in [4.69, 9.17) is 8.83 Å². The summed E-state index contributed by atoms with van der Waals surface area (Å²) in [5.41, 5.74) is 19.1. The molecule has 13 rings (SSSR count). The third-order valence-electron chi connectivity index (χ3n) is 13.5. The van der Waals surface area contributed by atoms with E-state index in [0.717, 1.165) is 100 Å². The number of nitrogens with zero attached hydrogens (tertiary/aromatic N) is 2. The van der Waals surface area contributed by atoms with Gasteiger partial charge < -0.3 is 18.6 Å². The van der Waals surface area contributed by atoms with Crippen molar-refractivity contribution in [1.82, 2.24) is 0 Å². The largest absolute Gasteiger partial charge is 0.456 e. The highest BCUT2D eigenvalue weighted by Crippen LogP contribution is 2.43. The third-order valence-corrected chi connectivity index (χ3v) is 13.5. The van der Waals surface area contributed by atoms with Gasteiger partial charge in [0, 0.05) is 61.2 Å². The van der Waals surface area contributed by atoms with Crippen LogP contribution in [0.1, 0.15) is 0 Å². The quantitative estimate of drug-likeness (QED) is 0.137. The Hall–Kier alpha value is -9.38. The van der Waals surface area contributed by atoms with Crippen LogP contribution >= 0.6 is 0 Å². The van der Waals surface area contributed by atoms with E-state index in [1.807, 2.05) is 24.3 Å². The van der Waals surface area contributed by atoms with Gasteiger partial charge in [0.1, 0.15) is 22.3 Å². The molecule has 0 N–H and O–H groups in total. The molecule has 0 aliphatic heterocycles. The van der Waals surface area contributed by atoms with E-state index in [-0.39, 0.29) is 0 Å². The van der Waals surface area contributed by atoms with Gasteiger partial charge in [-0.25, -0.2) is 0 Å². The second-order valence-electron chi connectivity index (χ2n) is 17.7. The van der Waals surface area contributed by atoms with Crippen LogP contribution in [0.25, 0.3) is 88.4 Å². The lowest BCUT2D eigenvalue weighted by molar-refractivity contribution is 0.669. The molecule has 4 nitrogen and oxygen atoms in total. The Morgan fingerprint density at radius 2 is 0.557 bits per heavy atom. The monoisotopic (exact) mass is 896 g/mol. The number of furan rings is 2. The first-order valence-electron chi connectivity index (χ1n) is 23.7. The van der Waals surface area contributed by atoms with Crippen molar-refractivity contribution in [3.8, 4) is 44.5 Å². The molecule has 0 saturated carbocycles. The normalized spacial score (nSPS) is 11.4. The second-order valence-corrected chi connectivity index (χ2v) is 17.7. The summed E-state index contributed by atoms with van der Waals surface area (Å²) >= 11 is 0. The van der Waals surface area contributed by atoms with Gasteiger partial charge in [0.2, 0.25) is 0 Å². The number of para-hydroxylation sites is 3. The molecule has 11 aromatic carbocycles. The van der Waals surface area contributed by atoms with Crippen LogP contribution in [-0.2, 0) is 0 Å². The van der Waals surface area contributed by atoms with E-state index in [1.165, 1.54) is 22.3 Å². The molecular formula is C66H44N2O2. The standard InChI is InChI=1S/C66H44N2O2/c1-3-12-45(13-4-1)47-22-31-52(32-23-47)67(53-33-24-48(25-34-53)46-14-5-2-6-15-46)56-39-41-57(42-40-56)68(54-35-26-49(27-36-54)51-30-43-65-62(44-51)60-17-8-9-20-63(60)69-65)55-37-28-50(29-38-55)58-18-11-19-61-59-16-7-10-21-64(59)70-66(58)61/h1-44H. The summed E-state index contributed by atoms with van der Waals surface area (Å²) in [5, 5.41) is 4.48. The maximum atomic E-state index is 6.47. The fourth-order valence-corrected chi connectivity index (χ4v) is 9.99. The van der Waals surface area contributed by atoms with E-state index in [0.29, 0.717) is 0 Å². The summed E-state index contributed by atoms with van der Waals surface area (Å²) in [4.78, 5) is 4.67. The summed E-state index contributed by atoms with van der Waals surface area (Å²) in [5.74, 6) is 0. The van der Waals surface area contributed by atoms with Gasteiger partial charge in [0.15, 0.2) is 0 Å². The van der Waals surface area contributed by atoms with Crippen LogP contribution in [0.5, 0.6) is 0 Å². The molecule has 0 fully saturated rings. The lowest BCUT2D eigenvalue weighted by Gasteiger charge is -2.29. The fourth-order valence-electron chi connectivity index (χ4n) is 9.99. The maximum Gasteiger partial charge on any atom is 0.143 e. The van der Waals surface area contributed by atoms with E-state index >= 15 is 0 Å². The Kier molecular flexibility index (Phi) is 10.1. The first-order valence-corrected chi connectivity index (χ1v) is 23.7. The molecule has 0 amide bonds. The van der Waals surface area contributed by atoms with E-state index < -0.39 is 0 Å². The zero-order chi connectivity index (χ0) is 46.4. The average Bonchev–Trinajstić information content (AvgIpc) is 4.01. The van der Waals surface area contributed by atoms with Crippen molar-refractivity contribution in [2.24, 2.45) is 0 Å². The number of fused-ring (bicyclic) bond motifs is 6. The first kappa shape index (κ1) is 40.9. The molecule has 2 heterocycles. The molecule has 13 aromatic rings. The predicted molar refractivity (Wildman–Crippen MR) is 292 cm³/mol. The van der Waals surface area contributed by atoms with Crippen LogP contribution in [0.3, 0.4) is 0 Å². The highest BCUT2D eigenvalue weighted by Gasteiger charge is 2.19. The average molecular weight is 897 g/mol. The Bertz CT molecular complexity index is 3870. The molecule has 0 unspecified atom stereocenters. The Morgan fingerprint density at radius 1 is 0.214 bits per heavy atom. The first-order chi connectivity index (χ1) is 34.7. The number of benzene rings is 11. The summed E-state index contributed by atoms with van der Waals surface area (Å²) in [6.45, 7) is 0. The van der Waals surface area contributed by atoms with E-state index in [1.54, 1.807) is 0 Å². The number of anilines is 6. The van der Waals surface area contributed by atoms with Gasteiger partial charge in [-0.1, -0.05) is 170 Å². The van der Waals surface area contributed by atoms with Crippen molar-refractivity contribution < 1.29 is 8.83 Å². The SMILES string of the molecule is c1ccc(-c2ccc(N(c3ccc(-c4ccccc4)cc3)c3ccc(N(c4ccc(-c5ccc6oc7ccccc7c6c5)cc4)c4ccc(-c5cccc6c5oc5ccccc56)cc4)cc3)cc2)cc1. The smallest absolute Gasteiger partial charge is 0.143 e. The molecule has 4 heteroatoms. The van der Waals surface area contributed by atoms with Crippen molar-refractivity contribution in [3.05, 3.63) is 267 Å². The predicted octanol–water partition coefficient (Wildman–Crippen LogP) is 19.1. The van der Waals surface area contributed by atoms with Crippen LogP contribution in [0.15, 0.2) is 276 Å². The lowest BCUT2D eigenvalue weighted by atomic mass is 10.0. The van der Waals surface area contributed by atoms with Crippen molar-refractivity contribution in [1.29, 1.82) is 0 Å². The minimum absolute atomic E-state index is 0.892. The van der Waals surface area contributed by atoms with E-state index in [9.17, 15) is 0 Å². The van der Waals surface area contributed by atoms with Gasteiger partial charge in [-0.3, -0.25) is 0 Å². The van der Waals surface area contributed by atoms with Crippen molar-refractivity contribution in [2.75, 3.05) is 9.80 Å². The van der Waals surface area contributed by atoms with Gasteiger partial charge in [-0.15, -0.1) is 0 Å². The zero-order valence-corrected chi connectivity index (χ0v) is 38.1. The highest BCUT2D eigenvalue weighted by molar-refractivity contribution is 6.10. The van der Waals surface area contributed by atoms with Crippen LogP contribution in [-0.4, -0.2) is 0 Å². The molecule has 70 heavy (non-hydrogen) atoms. The Labute approximate surface area is 406 Å². The van der Waals surface area contributed by atoms with Gasteiger partial charge in [-0.2, -0.15) is 0 Å². The topological polar surface area (TPSA) is 32.8 Å². The minimum Gasteiger partial charge on any atom is -0.456 e. The highest BCUT2D eigenvalue weighted by atomic mass is 16.3. The van der Waals surface area contributed by atoms with E-state index in [2.05, 4.69) is 252 Å². The molecule has 0 spiro atoms. The Balaban J connectivity index is 0.890. The number of hydrogen-bond donors (Lipinski definition) is 0. The zero-order valence-electron chi connectivity index (χ0n) is 38.1. The summed E-state index contributed by atoms with van der Waals surface area (Å²) in [7, 11) is 0. The number of rotatable bonds is 10. The van der Waals surface area contributed by atoms with Crippen LogP contribution in [0.2, 0.25) is 0 Å². The molecule has 0 bridgehead atoms. The van der Waals surface area contributed by atoms with Crippen LogP contribution in [0.4, 0.5) is 34.1 Å². The Morgan fingerprint density at radius 3 is 1.06 bits per heavy atom. The molecule has 330 valence electrons. The summed E-state index contributed by atoms with van der Waals surface area (Å²) in [6.07, 6.45) is 0. The molecule has 0 aliphatic carbocycles. The lowest BCUT2D eigenvalue weighted by Crippen LogP contribution is -2.12. The maximum absolute atomic E-state index is 6.47. The van der Waals surface area contributed by atoms with Gasteiger partial charge in [-0.05, 0) is 136 Å². The summed E-state index contributed by atoms with van der Waals surface area (Å²) < 4.78 is 12.6. The molecular weight excluding hydrogens is 853 g/mol. The minimum atomic E-state index is 0.892. The van der Waals surface area contributed by atoms with Gasteiger partial charge in [0.25, 0.3) is 0 Å². The van der Waals surface area contributed by atoms with Gasteiger partial charge >= 0.3 is 0 Å². The van der Waals surface area contributed by atoms with Crippen LogP contribution < -0.4 is 9.80 Å². The number of hydrogen-bond acceptors (Lipinski definition) is 4. The second kappa shape index (κ2) is 17.4. The van der Waals surface area contributed by atoms with Crippen molar-refractivity contribution in [2.45, 2.75) is 0 Å². The van der Waals surface area contributed by atoms with Gasteiger partial charge in [0.05, 0.1) is 0 Å². The van der Waals surface area contributed by atoms with Crippen LogP contribution in [0, 0.1) is 0 Å². The third kappa shape index (κ3) is 7.45. The fraction of sp³-hybridized carbons (Fsp3) is 0. The molecule has 0 saturated heterocycles. The molecule has 0 radical (unpaired) electrons. The van der Waals surface area contributed by atoms with Crippen molar-refractivity contribution >= 4 is 78.0 Å². The molecule has 0 aliphatic rings. The molecule has 2 aromatic heterocycles. The summed E-state index contributed by atoms with van der Waals surface area (Å²) in [6, 6.07) is 94.8.